The van der Waals surface area contributed by atoms with E-state index in [0.717, 1.165) is 11.4 Å². The Morgan fingerprint density at radius 2 is 1.62 bits per heavy atom. The van der Waals surface area contributed by atoms with Gasteiger partial charge < -0.3 is 15.0 Å². The van der Waals surface area contributed by atoms with Crippen LogP contribution in [0.25, 0.3) is 5.69 Å². The van der Waals surface area contributed by atoms with Gasteiger partial charge in [0.05, 0.1) is 17.7 Å². The molecule has 1 amide bonds. The van der Waals surface area contributed by atoms with Crippen molar-refractivity contribution in [3.05, 3.63) is 66.5 Å². The topological polar surface area (TPSA) is 96.8 Å². The largest absolute Gasteiger partial charge is 0.497 e. The molecular weight excluding hydrogens is 430 g/mol. The minimum absolute atomic E-state index is 0.212. The molecule has 168 valence electrons. The lowest BCUT2D eigenvalue weighted by molar-refractivity contribution is 0.102. The molecular formula is C22H25N5O4S. The van der Waals surface area contributed by atoms with E-state index in [1.807, 2.05) is 31.3 Å². The number of carbonyl (C=O) groups excluding carboxylic acids is 1. The van der Waals surface area contributed by atoms with Gasteiger partial charge in [-0.3, -0.25) is 4.79 Å². The molecule has 1 aliphatic heterocycles. The highest BCUT2D eigenvalue weighted by molar-refractivity contribution is 7.89. The second-order valence-electron chi connectivity index (χ2n) is 7.53. The van der Waals surface area contributed by atoms with E-state index in [0.29, 0.717) is 31.9 Å². The zero-order valence-corrected chi connectivity index (χ0v) is 18.7. The zero-order chi connectivity index (χ0) is 22.7. The Hall–Kier alpha value is -3.21. The van der Waals surface area contributed by atoms with Crippen LogP contribution in [0.5, 0.6) is 5.75 Å². The molecule has 1 N–H and O–H groups in total. The molecule has 0 unspecified atom stereocenters. The molecule has 10 heteroatoms. The molecule has 2 aromatic carbocycles. The van der Waals surface area contributed by atoms with E-state index in [-0.39, 0.29) is 16.5 Å². The summed E-state index contributed by atoms with van der Waals surface area (Å²) in [5, 5.41) is 7.07. The van der Waals surface area contributed by atoms with E-state index >= 15 is 0 Å². The number of benzene rings is 2. The lowest BCUT2D eigenvalue weighted by atomic mass is 10.3. The van der Waals surface area contributed by atoms with Gasteiger partial charge in [0.25, 0.3) is 5.91 Å². The Bertz CT molecular complexity index is 1180. The molecule has 1 saturated heterocycles. The monoisotopic (exact) mass is 455 g/mol. The van der Waals surface area contributed by atoms with Crippen molar-refractivity contribution in [2.75, 3.05) is 45.7 Å². The molecule has 0 radical (unpaired) electrons. The van der Waals surface area contributed by atoms with Crippen LogP contribution in [0.15, 0.2) is 65.7 Å². The summed E-state index contributed by atoms with van der Waals surface area (Å²) in [6.45, 7) is 2.34. The van der Waals surface area contributed by atoms with Crippen molar-refractivity contribution in [3.8, 4) is 11.4 Å². The first-order valence-electron chi connectivity index (χ1n) is 10.2. The predicted molar refractivity (Wildman–Crippen MR) is 121 cm³/mol. The standard InChI is InChI=1S/C22H25N5O4S/c1-25-13-15-26(16-14-25)32(29,30)20-9-3-17(4-10-20)23-22(28)21-11-12-27(24-21)18-5-7-19(31-2)8-6-18/h3-12H,13-16H2,1-2H3,(H,23,28). The number of ether oxygens (including phenoxy) is 1. The van der Waals surface area contributed by atoms with Gasteiger partial charge in [0.15, 0.2) is 5.69 Å². The highest BCUT2D eigenvalue weighted by Gasteiger charge is 2.27. The number of amides is 1. The van der Waals surface area contributed by atoms with Crippen LogP contribution in [0.4, 0.5) is 5.69 Å². The van der Waals surface area contributed by atoms with Crippen LogP contribution in [-0.2, 0) is 10.0 Å². The fourth-order valence-electron chi connectivity index (χ4n) is 3.41. The van der Waals surface area contributed by atoms with Crippen molar-refractivity contribution < 1.29 is 17.9 Å². The number of hydrogen-bond donors (Lipinski definition) is 1. The Morgan fingerprint density at radius 3 is 2.25 bits per heavy atom. The van der Waals surface area contributed by atoms with E-state index in [9.17, 15) is 13.2 Å². The number of aromatic nitrogens is 2. The number of methoxy groups -OCH3 is 1. The van der Waals surface area contributed by atoms with Crippen LogP contribution in [0.2, 0.25) is 0 Å². The maximum absolute atomic E-state index is 12.8. The Balaban J connectivity index is 1.42. The van der Waals surface area contributed by atoms with E-state index in [4.69, 9.17) is 4.74 Å². The van der Waals surface area contributed by atoms with E-state index in [2.05, 4.69) is 15.3 Å². The van der Waals surface area contributed by atoms with Gasteiger partial charge in [0, 0.05) is 38.1 Å². The maximum Gasteiger partial charge on any atom is 0.276 e. The quantitative estimate of drug-likeness (QED) is 0.611. The van der Waals surface area contributed by atoms with E-state index < -0.39 is 10.0 Å². The van der Waals surface area contributed by atoms with Crippen molar-refractivity contribution in [3.63, 3.8) is 0 Å². The molecule has 0 saturated carbocycles. The lowest BCUT2D eigenvalue weighted by Gasteiger charge is -2.31. The van der Waals surface area contributed by atoms with Crippen LogP contribution in [0.3, 0.4) is 0 Å². The fraction of sp³-hybridized carbons (Fsp3) is 0.273. The SMILES string of the molecule is COc1ccc(-n2ccc(C(=O)Nc3ccc(S(=O)(=O)N4CCN(C)CC4)cc3)n2)cc1. The number of nitrogens with zero attached hydrogens (tertiary/aromatic N) is 4. The molecule has 0 bridgehead atoms. The molecule has 1 fully saturated rings. The number of piperazine rings is 1. The minimum atomic E-state index is -3.55. The molecule has 0 spiro atoms. The number of likely N-dealkylation sites (N-methyl/N-ethyl adjacent to an activating group) is 1. The van der Waals surface area contributed by atoms with Crippen LogP contribution >= 0.6 is 0 Å². The van der Waals surface area contributed by atoms with Crippen LogP contribution < -0.4 is 10.1 Å². The molecule has 4 rings (SSSR count). The molecule has 3 aromatic rings. The van der Waals surface area contributed by atoms with Crippen molar-refractivity contribution >= 4 is 21.6 Å². The Morgan fingerprint density at radius 1 is 0.969 bits per heavy atom. The van der Waals surface area contributed by atoms with Gasteiger partial charge in [0.1, 0.15) is 5.75 Å². The first-order valence-corrected chi connectivity index (χ1v) is 11.6. The molecule has 1 aliphatic rings. The number of nitrogens with one attached hydrogen (secondary N) is 1. The number of anilines is 1. The third-order valence-electron chi connectivity index (χ3n) is 5.37. The van der Waals surface area contributed by atoms with Gasteiger partial charge in [-0.15, -0.1) is 0 Å². The maximum atomic E-state index is 12.8. The van der Waals surface area contributed by atoms with Crippen molar-refractivity contribution in [1.82, 2.24) is 19.0 Å². The predicted octanol–water partition coefficient (Wildman–Crippen LogP) is 2.07. The van der Waals surface area contributed by atoms with Gasteiger partial charge in [-0.25, -0.2) is 13.1 Å². The van der Waals surface area contributed by atoms with Crippen LogP contribution in [0.1, 0.15) is 10.5 Å². The van der Waals surface area contributed by atoms with Gasteiger partial charge in [0.2, 0.25) is 10.0 Å². The number of carbonyl (C=O) groups is 1. The first-order chi connectivity index (χ1) is 15.4. The summed E-state index contributed by atoms with van der Waals surface area (Å²) in [4.78, 5) is 14.9. The van der Waals surface area contributed by atoms with Crippen molar-refractivity contribution in [1.29, 1.82) is 0 Å². The highest BCUT2D eigenvalue weighted by Crippen LogP contribution is 2.20. The van der Waals surface area contributed by atoms with Crippen LogP contribution in [0, 0.1) is 0 Å². The van der Waals surface area contributed by atoms with E-state index in [1.54, 1.807) is 36.2 Å². The smallest absolute Gasteiger partial charge is 0.276 e. The molecule has 1 aromatic heterocycles. The third-order valence-corrected chi connectivity index (χ3v) is 7.28. The first kappa shape index (κ1) is 22.0. The lowest BCUT2D eigenvalue weighted by Crippen LogP contribution is -2.46. The summed E-state index contributed by atoms with van der Waals surface area (Å²) in [7, 11) is 0.0248. The number of sulfonamides is 1. The van der Waals surface area contributed by atoms with Crippen LogP contribution in [-0.4, -0.2) is 73.6 Å². The number of hydrogen-bond acceptors (Lipinski definition) is 6. The van der Waals surface area contributed by atoms with Crippen molar-refractivity contribution in [2.45, 2.75) is 4.90 Å². The summed E-state index contributed by atoms with van der Waals surface area (Å²) in [5.74, 6) is 0.351. The van der Waals surface area contributed by atoms with Crippen molar-refractivity contribution in [2.24, 2.45) is 0 Å². The van der Waals surface area contributed by atoms with Gasteiger partial charge >= 0.3 is 0 Å². The Kier molecular flexibility index (Phi) is 6.26. The summed E-state index contributed by atoms with van der Waals surface area (Å²) in [5.41, 5.74) is 1.53. The average molecular weight is 456 g/mol. The molecule has 0 aliphatic carbocycles. The Labute approximate surface area is 187 Å². The summed E-state index contributed by atoms with van der Waals surface area (Å²) >= 11 is 0. The second kappa shape index (κ2) is 9.11. The highest BCUT2D eigenvalue weighted by atomic mass is 32.2. The van der Waals surface area contributed by atoms with Gasteiger partial charge in [-0.05, 0) is 61.6 Å². The third kappa shape index (κ3) is 4.67. The zero-order valence-electron chi connectivity index (χ0n) is 17.9. The second-order valence-corrected chi connectivity index (χ2v) is 9.47. The minimum Gasteiger partial charge on any atom is -0.497 e. The van der Waals surface area contributed by atoms with E-state index in [1.165, 1.54) is 16.4 Å². The van der Waals surface area contributed by atoms with Gasteiger partial charge in [-0.2, -0.15) is 9.40 Å². The average Bonchev–Trinajstić information content (AvgIpc) is 3.30. The molecule has 9 nitrogen and oxygen atoms in total. The summed E-state index contributed by atoms with van der Waals surface area (Å²) in [6.07, 6.45) is 1.70. The number of rotatable bonds is 6. The summed E-state index contributed by atoms with van der Waals surface area (Å²) < 4.78 is 33.9. The molecule has 32 heavy (non-hydrogen) atoms. The molecule has 2 heterocycles. The normalized spacial score (nSPS) is 15.4. The summed E-state index contributed by atoms with van der Waals surface area (Å²) in [6, 6.07) is 15.1. The molecule has 0 atom stereocenters. The fourth-order valence-corrected chi connectivity index (χ4v) is 4.83. The van der Waals surface area contributed by atoms with Gasteiger partial charge in [-0.1, -0.05) is 0 Å².